The highest BCUT2D eigenvalue weighted by atomic mass is 79.9. The summed E-state index contributed by atoms with van der Waals surface area (Å²) in [6, 6.07) is 24.6. The van der Waals surface area contributed by atoms with Crippen LogP contribution in [0.3, 0.4) is 0 Å². The molecule has 0 aromatic heterocycles. The van der Waals surface area contributed by atoms with E-state index >= 15 is 0 Å². The first kappa shape index (κ1) is 27.5. The zero-order valence-corrected chi connectivity index (χ0v) is 23.0. The Labute approximate surface area is 223 Å². The first-order valence-electron chi connectivity index (χ1n) is 12.3. The van der Waals surface area contributed by atoms with Crippen LogP contribution in [0.1, 0.15) is 44.4 Å². The van der Waals surface area contributed by atoms with Gasteiger partial charge in [-0.05, 0) is 68.1 Å². The second kappa shape index (κ2) is 12.7. The summed E-state index contributed by atoms with van der Waals surface area (Å²) in [6.45, 7) is 8.03. The smallest absolute Gasteiger partial charge is 0.261 e. The Morgan fingerprint density at radius 3 is 2.19 bits per heavy atom. The third-order valence-corrected chi connectivity index (χ3v) is 6.20. The maximum atomic E-state index is 13.6. The van der Waals surface area contributed by atoms with Crippen molar-refractivity contribution in [2.45, 2.75) is 58.7 Å². The fraction of sp³-hybridized carbons (Fsp3) is 0.333. The van der Waals surface area contributed by atoms with Crippen LogP contribution in [0.4, 0.5) is 0 Å². The zero-order valence-electron chi connectivity index (χ0n) is 21.5. The van der Waals surface area contributed by atoms with Gasteiger partial charge in [0.15, 0.2) is 6.61 Å². The van der Waals surface area contributed by atoms with E-state index in [0.717, 1.165) is 22.0 Å². The van der Waals surface area contributed by atoms with Crippen LogP contribution in [0.5, 0.6) is 5.75 Å². The molecule has 0 unspecified atom stereocenters. The Balaban J connectivity index is 1.91. The molecule has 5 nitrogen and oxygen atoms in total. The summed E-state index contributed by atoms with van der Waals surface area (Å²) in [7, 11) is 0. The molecule has 2 amide bonds. The average molecular weight is 552 g/mol. The third kappa shape index (κ3) is 8.52. The Kier molecular flexibility index (Phi) is 9.71. The van der Waals surface area contributed by atoms with Crippen molar-refractivity contribution in [2.75, 3.05) is 6.61 Å². The molecular formula is C30H35BrN2O3. The van der Waals surface area contributed by atoms with E-state index in [1.807, 2.05) is 99.6 Å². The maximum Gasteiger partial charge on any atom is 0.261 e. The first-order chi connectivity index (χ1) is 17.1. The second-order valence-electron chi connectivity index (χ2n) is 9.88. The van der Waals surface area contributed by atoms with Gasteiger partial charge < -0.3 is 15.0 Å². The Morgan fingerprint density at radius 1 is 0.917 bits per heavy atom. The molecule has 36 heavy (non-hydrogen) atoms. The van der Waals surface area contributed by atoms with E-state index in [1.54, 1.807) is 4.90 Å². The summed E-state index contributed by atoms with van der Waals surface area (Å²) in [5.41, 5.74) is 2.67. The van der Waals surface area contributed by atoms with Crippen molar-refractivity contribution in [1.29, 1.82) is 0 Å². The molecule has 3 aromatic carbocycles. The molecule has 3 rings (SSSR count). The summed E-state index contributed by atoms with van der Waals surface area (Å²) < 4.78 is 6.77. The van der Waals surface area contributed by atoms with Crippen LogP contribution in [0.2, 0.25) is 0 Å². The van der Waals surface area contributed by atoms with E-state index in [1.165, 1.54) is 5.56 Å². The lowest BCUT2D eigenvalue weighted by molar-refractivity contribution is -0.143. The van der Waals surface area contributed by atoms with E-state index in [0.29, 0.717) is 12.2 Å². The van der Waals surface area contributed by atoms with Gasteiger partial charge >= 0.3 is 0 Å². The monoisotopic (exact) mass is 550 g/mol. The Morgan fingerprint density at radius 2 is 1.58 bits per heavy atom. The molecule has 6 heteroatoms. The van der Waals surface area contributed by atoms with Crippen LogP contribution in [-0.2, 0) is 29.0 Å². The summed E-state index contributed by atoms with van der Waals surface area (Å²) in [4.78, 5) is 28.8. The number of nitrogens with one attached hydrogen (secondary N) is 1. The number of nitrogens with zero attached hydrogens (tertiary/aromatic N) is 1. The highest BCUT2D eigenvalue weighted by Gasteiger charge is 2.32. The number of carbonyl (C=O) groups is 2. The van der Waals surface area contributed by atoms with Gasteiger partial charge in [0, 0.05) is 23.0 Å². The minimum Gasteiger partial charge on any atom is -0.484 e. The van der Waals surface area contributed by atoms with Crippen molar-refractivity contribution in [3.05, 3.63) is 100 Å². The number of aryl methyl sites for hydroxylation is 1. The predicted octanol–water partition coefficient (Wildman–Crippen LogP) is 5.95. The minimum absolute atomic E-state index is 0.159. The van der Waals surface area contributed by atoms with Crippen molar-refractivity contribution >= 4 is 27.7 Å². The predicted molar refractivity (Wildman–Crippen MR) is 148 cm³/mol. The van der Waals surface area contributed by atoms with Crippen molar-refractivity contribution in [3.63, 3.8) is 0 Å². The third-order valence-electron chi connectivity index (χ3n) is 5.71. The SMILES string of the molecule is CCc1ccc(OCC(=O)N(Cc2cccc(Br)c2)[C@H](Cc2ccccc2)C(=O)NC(C)(C)C)cc1. The van der Waals surface area contributed by atoms with Gasteiger partial charge in [0.25, 0.3) is 5.91 Å². The van der Waals surface area contributed by atoms with Crippen molar-refractivity contribution in [1.82, 2.24) is 10.2 Å². The number of ether oxygens (including phenoxy) is 1. The van der Waals surface area contributed by atoms with Gasteiger partial charge in [-0.25, -0.2) is 0 Å². The van der Waals surface area contributed by atoms with Gasteiger partial charge in [-0.15, -0.1) is 0 Å². The van der Waals surface area contributed by atoms with Crippen molar-refractivity contribution in [2.24, 2.45) is 0 Å². The Hall–Kier alpha value is -3.12. The Bertz CT molecular complexity index is 1140. The number of carbonyl (C=O) groups excluding carboxylic acids is 2. The standard InChI is InChI=1S/C30H35BrN2O3/c1-5-22-14-16-26(17-15-22)36-21-28(34)33(20-24-12-9-13-25(31)18-24)27(29(35)32-30(2,3)4)19-23-10-7-6-8-11-23/h6-18,27H,5,19-21H2,1-4H3,(H,32,35)/t27-/m1/s1. The van der Waals surface area contributed by atoms with E-state index in [9.17, 15) is 9.59 Å². The largest absolute Gasteiger partial charge is 0.484 e. The van der Waals surface area contributed by atoms with Crippen LogP contribution < -0.4 is 10.1 Å². The molecule has 1 N–H and O–H groups in total. The molecule has 0 bridgehead atoms. The van der Waals surface area contributed by atoms with Crippen LogP contribution in [-0.4, -0.2) is 34.9 Å². The van der Waals surface area contributed by atoms with E-state index in [4.69, 9.17) is 4.74 Å². The fourth-order valence-electron chi connectivity index (χ4n) is 3.89. The van der Waals surface area contributed by atoms with E-state index in [-0.39, 0.29) is 25.0 Å². The average Bonchev–Trinajstić information content (AvgIpc) is 2.84. The van der Waals surface area contributed by atoms with Crippen LogP contribution in [0, 0.1) is 0 Å². The van der Waals surface area contributed by atoms with Crippen LogP contribution >= 0.6 is 15.9 Å². The normalized spacial score (nSPS) is 12.0. The van der Waals surface area contributed by atoms with Gasteiger partial charge in [-0.1, -0.05) is 77.5 Å². The number of hydrogen-bond donors (Lipinski definition) is 1. The lowest BCUT2D eigenvalue weighted by Crippen LogP contribution is -2.55. The molecule has 0 aliphatic heterocycles. The molecule has 0 saturated carbocycles. The summed E-state index contributed by atoms with van der Waals surface area (Å²) in [5.74, 6) is 0.184. The van der Waals surface area contributed by atoms with Crippen molar-refractivity contribution < 1.29 is 14.3 Å². The number of benzene rings is 3. The highest BCUT2D eigenvalue weighted by molar-refractivity contribution is 9.10. The number of amides is 2. The summed E-state index contributed by atoms with van der Waals surface area (Å²) in [5, 5.41) is 3.08. The van der Waals surface area contributed by atoms with Crippen LogP contribution in [0.15, 0.2) is 83.3 Å². The molecule has 0 spiro atoms. The molecule has 0 fully saturated rings. The van der Waals surface area contributed by atoms with E-state index in [2.05, 4.69) is 28.2 Å². The zero-order chi connectivity index (χ0) is 26.1. The fourth-order valence-corrected chi connectivity index (χ4v) is 4.33. The quantitative estimate of drug-likeness (QED) is 0.339. The van der Waals surface area contributed by atoms with Gasteiger partial charge in [0.1, 0.15) is 11.8 Å². The van der Waals surface area contributed by atoms with E-state index < -0.39 is 11.6 Å². The topological polar surface area (TPSA) is 58.6 Å². The van der Waals surface area contributed by atoms with Crippen LogP contribution in [0.25, 0.3) is 0 Å². The molecule has 3 aromatic rings. The lowest BCUT2D eigenvalue weighted by Gasteiger charge is -2.33. The molecule has 0 heterocycles. The number of halogens is 1. The molecule has 0 aliphatic carbocycles. The minimum atomic E-state index is -0.704. The molecule has 1 atom stereocenters. The molecular weight excluding hydrogens is 516 g/mol. The second-order valence-corrected chi connectivity index (χ2v) is 10.8. The van der Waals surface area contributed by atoms with Gasteiger partial charge in [-0.3, -0.25) is 9.59 Å². The lowest BCUT2D eigenvalue weighted by atomic mass is 10.0. The van der Waals surface area contributed by atoms with Crippen molar-refractivity contribution in [3.8, 4) is 5.75 Å². The first-order valence-corrected chi connectivity index (χ1v) is 13.1. The highest BCUT2D eigenvalue weighted by Crippen LogP contribution is 2.19. The van der Waals surface area contributed by atoms with Gasteiger partial charge in [0.2, 0.25) is 5.91 Å². The number of rotatable bonds is 10. The maximum absolute atomic E-state index is 13.6. The van der Waals surface area contributed by atoms with Gasteiger partial charge in [-0.2, -0.15) is 0 Å². The molecule has 0 aliphatic rings. The number of hydrogen-bond acceptors (Lipinski definition) is 3. The molecule has 0 radical (unpaired) electrons. The summed E-state index contributed by atoms with van der Waals surface area (Å²) >= 11 is 3.51. The summed E-state index contributed by atoms with van der Waals surface area (Å²) in [6.07, 6.45) is 1.33. The molecule has 190 valence electrons. The van der Waals surface area contributed by atoms with Gasteiger partial charge in [0.05, 0.1) is 0 Å². The molecule has 0 saturated heterocycles.